The highest BCUT2D eigenvalue weighted by atomic mass is 35.5. The van der Waals surface area contributed by atoms with Crippen molar-refractivity contribution >= 4 is 17.3 Å². The highest BCUT2D eigenvalue weighted by Gasteiger charge is 2.30. The van der Waals surface area contributed by atoms with Crippen LogP contribution in [0.4, 0.5) is 23.2 Å². The maximum atomic E-state index is 13.3. The Morgan fingerprint density at radius 1 is 1.05 bits per heavy atom. The molecule has 0 spiro atoms. The fourth-order valence-corrected chi connectivity index (χ4v) is 1.87. The van der Waals surface area contributed by atoms with Gasteiger partial charge in [0.1, 0.15) is 11.6 Å². The van der Waals surface area contributed by atoms with Crippen LogP contribution >= 0.6 is 11.6 Å². The summed E-state index contributed by atoms with van der Waals surface area (Å²) < 4.78 is 53.1. The summed E-state index contributed by atoms with van der Waals surface area (Å²) in [7, 11) is 0. The third-order valence-corrected chi connectivity index (χ3v) is 2.81. The molecule has 0 aliphatic carbocycles. The second kappa shape index (κ2) is 5.20. The summed E-state index contributed by atoms with van der Waals surface area (Å²) in [6.07, 6.45) is -4.76. The van der Waals surface area contributed by atoms with Crippen molar-refractivity contribution in [1.82, 2.24) is 0 Å². The second-order valence-corrected chi connectivity index (χ2v) is 4.33. The van der Waals surface area contributed by atoms with E-state index in [-0.39, 0.29) is 16.5 Å². The van der Waals surface area contributed by atoms with Crippen LogP contribution in [0.1, 0.15) is 0 Å². The third-order valence-electron chi connectivity index (χ3n) is 2.49. The summed E-state index contributed by atoms with van der Waals surface area (Å²) in [5.74, 6) is -0.961. The molecule has 0 saturated heterocycles. The van der Waals surface area contributed by atoms with Gasteiger partial charge >= 0.3 is 6.36 Å². The fraction of sp³-hybridized carbons (Fsp3) is 0.0769. The van der Waals surface area contributed by atoms with Gasteiger partial charge in [0, 0.05) is 5.56 Å². The maximum Gasteiger partial charge on any atom is 0.573 e. The standard InChI is InChI=1S/C13H8ClF4NO/c14-11-6-8(15)5-10(12(11)19)7-1-3-9(4-2-7)20-13(16,17)18/h1-6H,19H2. The molecule has 0 bridgehead atoms. The van der Waals surface area contributed by atoms with E-state index in [4.69, 9.17) is 17.3 Å². The summed E-state index contributed by atoms with van der Waals surface area (Å²) in [5.41, 5.74) is 6.59. The zero-order chi connectivity index (χ0) is 14.9. The smallest absolute Gasteiger partial charge is 0.406 e. The molecule has 0 radical (unpaired) electrons. The Labute approximate surface area is 116 Å². The molecule has 0 atom stereocenters. The number of ether oxygens (including phenoxy) is 1. The van der Waals surface area contributed by atoms with E-state index in [0.29, 0.717) is 11.1 Å². The number of anilines is 1. The number of hydrogen-bond acceptors (Lipinski definition) is 2. The van der Waals surface area contributed by atoms with Gasteiger partial charge in [-0.3, -0.25) is 0 Å². The summed E-state index contributed by atoms with van der Waals surface area (Å²) in [6, 6.07) is 7.11. The van der Waals surface area contributed by atoms with Crippen molar-refractivity contribution in [2.24, 2.45) is 0 Å². The molecule has 0 saturated carbocycles. The number of benzene rings is 2. The molecule has 2 N–H and O–H groups in total. The van der Waals surface area contributed by atoms with Gasteiger partial charge in [0.15, 0.2) is 0 Å². The number of rotatable bonds is 2. The first-order chi connectivity index (χ1) is 9.26. The molecule has 2 rings (SSSR count). The highest BCUT2D eigenvalue weighted by Crippen LogP contribution is 2.34. The van der Waals surface area contributed by atoms with Crippen LogP contribution in [0.15, 0.2) is 36.4 Å². The van der Waals surface area contributed by atoms with Gasteiger partial charge in [-0.1, -0.05) is 23.7 Å². The van der Waals surface area contributed by atoms with E-state index < -0.39 is 12.2 Å². The molecule has 20 heavy (non-hydrogen) atoms. The van der Waals surface area contributed by atoms with E-state index in [1.54, 1.807) is 0 Å². The van der Waals surface area contributed by atoms with E-state index in [9.17, 15) is 17.6 Å². The van der Waals surface area contributed by atoms with Gasteiger partial charge in [-0.15, -0.1) is 13.2 Å². The first-order valence-electron chi connectivity index (χ1n) is 5.37. The molecule has 0 aliphatic rings. The van der Waals surface area contributed by atoms with Gasteiger partial charge in [-0.05, 0) is 29.8 Å². The fourth-order valence-electron chi connectivity index (χ4n) is 1.66. The normalized spacial score (nSPS) is 11.4. The predicted molar refractivity (Wildman–Crippen MR) is 67.9 cm³/mol. The molecule has 2 aromatic rings. The van der Waals surface area contributed by atoms with Crippen molar-refractivity contribution in [3.05, 3.63) is 47.2 Å². The molecule has 0 unspecified atom stereocenters. The van der Waals surface area contributed by atoms with Crippen molar-refractivity contribution in [3.63, 3.8) is 0 Å². The van der Waals surface area contributed by atoms with E-state index >= 15 is 0 Å². The lowest BCUT2D eigenvalue weighted by atomic mass is 10.0. The highest BCUT2D eigenvalue weighted by molar-refractivity contribution is 6.33. The van der Waals surface area contributed by atoms with Crippen LogP contribution in [0.5, 0.6) is 5.75 Å². The Kier molecular flexibility index (Phi) is 3.76. The maximum absolute atomic E-state index is 13.3. The lowest BCUT2D eigenvalue weighted by molar-refractivity contribution is -0.274. The third kappa shape index (κ3) is 3.33. The average molecular weight is 306 g/mol. The van der Waals surface area contributed by atoms with Gasteiger partial charge in [-0.25, -0.2) is 4.39 Å². The van der Waals surface area contributed by atoms with Crippen molar-refractivity contribution in [2.75, 3.05) is 5.73 Å². The first kappa shape index (κ1) is 14.5. The lowest BCUT2D eigenvalue weighted by Gasteiger charge is -2.11. The minimum absolute atomic E-state index is 0.0376. The number of alkyl halides is 3. The Morgan fingerprint density at radius 2 is 1.65 bits per heavy atom. The van der Waals surface area contributed by atoms with Gasteiger partial charge in [-0.2, -0.15) is 0 Å². The van der Waals surface area contributed by atoms with Crippen molar-refractivity contribution in [3.8, 4) is 16.9 Å². The van der Waals surface area contributed by atoms with Gasteiger partial charge in [0.2, 0.25) is 0 Å². The summed E-state index contributed by atoms with van der Waals surface area (Å²) in [4.78, 5) is 0. The number of nitrogen functional groups attached to an aromatic ring is 1. The molecule has 2 aromatic carbocycles. The van der Waals surface area contributed by atoms with Crippen LogP contribution in [0, 0.1) is 5.82 Å². The summed E-state index contributed by atoms with van der Waals surface area (Å²) >= 11 is 5.75. The van der Waals surface area contributed by atoms with Gasteiger partial charge in [0.05, 0.1) is 10.7 Å². The first-order valence-corrected chi connectivity index (χ1v) is 5.75. The zero-order valence-corrected chi connectivity index (χ0v) is 10.6. The summed E-state index contributed by atoms with van der Waals surface area (Å²) in [5, 5.41) is 0.0376. The topological polar surface area (TPSA) is 35.2 Å². The van der Waals surface area contributed by atoms with Crippen LogP contribution in [0.25, 0.3) is 11.1 Å². The van der Waals surface area contributed by atoms with E-state index in [2.05, 4.69) is 4.74 Å². The van der Waals surface area contributed by atoms with Crippen LogP contribution in [0.2, 0.25) is 5.02 Å². The van der Waals surface area contributed by atoms with Crippen LogP contribution in [0.3, 0.4) is 0 Å². The van der Waals surface area contributed by atoms with Crippen LogP contribution in [-0.4, -0.2) is 6.36 Å². The zero-order valence-electron chi connectivity index (χ0n) is 9.84. The molecule has 0 aromatic heterocycles. The Bertz CT molecular complexity index is 626. The van der Waals surface area contributed by atoms with Crippen molar-refractivity contribution < 1.29 is 22.3 Å². The molecule has 0 aliphatic heterocycles. The minimum atomic E-state index is -4.76. The number of hydrogen-bond donors (Lipinski definition) is 1. The molecular weight excluding hydrogens is 298 g/mol. The monoisotopic (exact) mass is 305 g/mol. The van der Waals surface area contributed by atoms with E-state index in [0.717, 1.165) is 24.3 Å². The average Bonchev–Trinajstić information content (AvgIpc) is 2.33. The number of nitrogens with two attached hydrogens (primary N) is 1. The van der Waals surface area contributed by atoms with E-state index in [1.807, 2.05) is 0 Å². The Morgan fingerprint density at radius 3 is 2.20 bits per heavy atom. The molecule has 2 nitrogen and oxygen atoms in total. The molecule has 106 valence electrons. The van der Waals surface area contributed by atoms with Crippen molar-refractivity contribution in [2.45, 2.75) is 6.36 Å². The Hall–Kier alpha value is -1.95. The van der Waals surface area contributed by atoms with Crippen molar-refractivity contribution in [1.29, 1.82) is 0 Å². The Balaban J connectivity index is 2.36. The molecule has 7 heteroatoms. The predicted octanol–water partition coefficient (Wildman–Crippen LogP) is 4.63. The van der Waals surface area contributed by atoms with Gasteiger partial charge < -0.3 is 10.5 Å². The minimum Gasteiger partial charge on any atom is -0.406 e. The lowest BCUT2D eigenvalue weighted by Crippen LogP contribution is -2.16. The largest absolute Gasteiger partial charge is 0.573 e. The SMILES string of the molecule is Nc1c(Cl)cc(F)cc1-c1ccc(OC(F)(F)F)cc1. The molecule has 0 heterocycles. The molecule has 0 amide bonds. The number of halogens is 5. The summed E-state index contributed by atoms with van der Waals surface area (Å²) in [6.45, 7) is 0. The van der Waals surface area contributed by atoms with Crippen LogP contribution in [-0.2, 0) is 0 Å². The second-order valence-electron chi connectivity index (χ2n) is 3.92. The molecular formula is C13H8ClF4NO. The quantitative estimate of drug-likeness (QED) is 0.648. The van der Waals surface area contributed by atoms with Gasteiger partial charge in [0.25, 0.3) is 0 Å². The van der Waals surface area contributed by atoms with E-state index in [1.165, 1.54) is 12.1 Å². The van der Waals surface area contributed by atoms with Crippen LogP contribution < -0.4 is 10.5 Å². The molecule has 0 fully saturated rings.